The molecular weight excluding hydrogens is 181 g/mol. The second kappa shape index (κ2) is 3.58. The fourth-order valence-corrected chi connectivity index (χ4v) is 2.19. The summed E-state index contributed by atoms with van der Waals surface area (Å²) in [5, 5.41) is 9.28. The van der Waals surface area contributed by atoms with Gasteiger partial charge in [-0.15, -0.1) is 0 Å². The number of rotatable bonds is 1. The van der Waals surface area contributed by atoms with Crippen LogP contribution in [0, 0.1) is 5.82 Å². The van der Waals surface area contributed by atoms with Gasteiger partial charge in [0, 0.05) is 12.0 Å². The summed E-state index contributed by atoms with van der Waals surface area (Å²) < 4.78 is 13.4. The molecule has 0 aliphatic heterocycles. The summed E-state index contributed by atoms with van der Waals surface area (Å²) in [7, 11) is 0. The fraction of sp³-hybridized carbons (Fsp3) is 0.455. The van der Waals surface area contributed by atoms with E-state index in [0.29, 0.717) is 5.56 Å². The monoisotopic (exact) mass is 195 g/mol. The molecular formula is C11H14FNO. The molecule has 2 rings (SSSR count). The zero-order valence-electron chi connectivity index (χ0n) is 7.91. The maximum Gasteiger partial charge on any atom is 0.127 e. The molecule has 3 heteroatoms. The number of phenols is 1. The molecule has 2 unspecified atom stereocenters. The summed E-state index contributed by atoms with van der Waals surface area (Å²) in [4.78, 5) is 0. The average Bonchev–Trinajstić information content (AvgIpc) is 2.56. The van der Waals surface area contributed by atoms with Crippen LogP contribution in [-0.4, -0.2) is 11.1 Å². The number of phenolic OH excluding ortho intramolecular Hbond substituents is 1. The molecule has 0 amide bonds. The molecule has 14 heavy (non-hydrogen) atoms. The quantitative estimate of drug-likeness (QED) is 0.721. The highest BCUT2D eigenvalue weighted by molar-refractivity contribution is 5.32. The Morgan fingerprint density at radius 3 is 2.79 bits per heavy atom. The summed E-state index contributed by atoms with van der Waals surface area (Å²) in [5.41, 5.74) is 6.45. The van der Waals surface area contributed by atoms with Crippen molar-refractivity contribution in [3.8, 4) is 5.75 Å². The molecule has 1 aliphatic rings. The van der Waals surface area contributed by atoms with Crippen molar-refractivity contribution in [1.82, 2.24) is 0 Å². The first-order valence-electron chi connectivity index (χ1n) is 4.92. The van der Waals surface area contributed by atoms with Gasteiger partial charge in [0.2, 0.25) is 0 Å². The molecule has 1 aliphatic carbocycles. The first-order valence-corrected chi connectivity index (χ1v) is 4.92. The predicted octanol–water partition coefficient (Wildman–Crippen LogP) is 2.13. The summed E-state index contributed by atoms with van der Waals surface area (Å²) in [5.74, 6) is -0.0762. The average molecular weight is 195 g/mol. The van der Waals surface area contributed by atoms with Crippen LogP contribution in [0.15, 0.2) is 18.2 Å². The highest BCUT2D eigenvalue weighted by atomic mass is 19.1. The molecule has 3 N–H and O–H groups in total. The van der Waals surface area contributed by atoms with Crippen molar-refractivity contribution in [3.05, 3.63) is 29.6 Å². The number of hydrogen-bond acceptors (Lipinski definition) is 2. The van der Waals surface area contributed by atoms with E-state index in [1.54, 1.807) is 0 Å². The van der Waals surface area contributed by atoms with E-state index in [1.165, 1.54) is 18.2 Å². The molecule has 2 atom stereocenters. The lowest BCUT2D eigenvalue weighted by atomic mass is 9.94. The van der Waals surface area contributed by atoms with Crippen molar-refractivity contribution in [2.75, 3.05) is 0 Å². The normalized spacial score (nSPS) is 26.7. The number of halogens is 1. The molecule has 0 saturated heterocycles. The minimum absolute atomic E-state index is 0.0336. The van der Waals surface area contributed by atoms with Gasteiger partial charge in [-0.1, -0.05) is 6.42 Å². The van der Waals surface area contributed by atoms with Gasteiger partial charge in [-0.3, -0.25) is 0 Å². The molecule has 0 radical (unpaired) electrons. The van der Waals surface area contributed by atoms with E-state index >= 15 is 0 Å². The van der Waals surface area contributed by atoms with E-state index in [1.807, 2.05) is 0 Å². The molecule has 76 valence electrons. The lowest BCUT2D eigenvalue weighted by Gasteiger charge is -2.16. The summed E-state index contributed by atoms with van der Waals surface area (Å²) in [6.45, 7) is 0. The first kappa shape index (κ1) is 9.46. The molecule has 1 aromatic rings. The Balaban J connectivity index is 2.34. The summed E-state index contributed by atoms with van der Waals surface area (Å²) >= 11 is 0. The zero-order chi connectivity index (χ0) is 10.1. The summed E-state index contributed by atoms with van der Waals surface area (Å²) in [6, 6.07) is 4.19. The number of nitrogens with two attached hydrogens (primary N) is 1. The van der Waals surface area contributed by atoms with Gasteiger partial charge in [-0.2, -0.15) is 0 Å². The SMILES string of the molecule is NC1CCCC1c1cc(O)ccc1F. The minimum Gasteiger partial charge on any atom is -0.508 e. The molecule has 0 bridgehead atoms. The van der Waals surface area contributed by atoms with Crippen LogP contribution in [0.4, 0.5) is 4.39 Å². The predicted molar refractivity (Wildman–Crippen MR) is 52.6 cm³/mol. The Kier molecular flexibility index (Phi) is 2.42. The Hall–Kier alpha value is -1.09. The van der Waals surface area contributed by atoms with Crippen LogP contribution in [0.5, 0.6) is 5.75 Å². The smallest absolute Gasteiger partial charge is 0.127 e. The lowest BCUT2D eigenvalue weighted by Crippen LogP contribution is -2.23. The molecule has 1 saturated carbocycles. The van der Waals surface area contributed by atoms with Crippen molar-refractivity contribution >= 4 is 0 Å². The Morgan fingerprint density at radius 1 is 1.36 bits per heavy atom. The summed E-state index contributed by atoms with van der Waals surface area (Å²) in [6.07, 6.45) is 2.90. The second-order valence-electron chi connectivity index (χ2n) is 3.91. The largest absolute Gasteiger partial charge is 0.508 e. The molecule has 2 nitrogen and oxygen atoms in total. The van der Waals surface area contributed by atoms with Crippen LogP contribution >= 0.6 is 0 Å². The van der Waals surface area contributed by atoms with E-state index in [2.05, 4.69) is 0 Å². The van der Waals surface area contributed by atoms with Crippen molar-refractivity contribution < 1.29 is 9.50 Å². The van der Waals surface area contributed by atoms with Crippen molar-refractivity contribution in [1.29, 1.82) is 0 Å². The highest BCUT2D eigenvalue weighted by Crippen LogP contribution is 2.35. The van der Waals surface area contributed by atoms with Crippen molar-refractivity contribution in [3.63, 3.8) is 0 Å². The van der Waals surface area contributed by atoms with Crippen LogP contribution < -0.4 is 5.73 Å². The van der Waals surface area contributed by atoms with Gasteiger partial charge in [0.15, 0.2) is 0 Å². The third-order valence-corrected chi connectivity index (χ3v) is 2.95. The standard InChI is InChI=1S/C11H14FNO/c12-10-5-4-7(14)6-9(10)8-2-1-3-11(8)13/h4-6,8,11,14H,1-3,13H2. The van der Waals surface area contributed by atoms with E-state index in [-0.39, 0.29) is 23.5 Å². The number of hydrogen-bond donors (Lipinski definition) is 2. The van der Waals surface area contributed by atoms with Crippen LogP contribution in [0.3, 0.4) is 0 Å². The van der Waals surface area contributed by atoms with Gasteiger partial charge >= 0.3 is 0 Å². The molecule has 1 fully saturated rings. The molecule has 0 aromatic heterocycles. The van der Waals surface area contributed by atoms with Crippen molar-refractivity contribution in [2.45, 2.75) is 31.2 Å². The van der Waals surface area contributed by atoms with E-state index in [0.717, 1.165) is 19.3 Å². The third kappa shape index (κ3) is 1.60. The lowest BCUT2D eigenvalue weighted by molar-refractivity contribution is 0.467. The van der Waals surface area contributed by atoms with Crippen LogP contribution in [0.2, 0.25) is 0 Å². The Morgan fingerprint density at radius 2 is 2.14 bits per heavy atom. The van der Waals surface area contributed by atoms with Crippen molar-refractivity contribution in [2.24, 2.45) is 5.73 Å². The van der Waals surface area contributed by atoms with Gasteiger partial charge < -0.3 is 10.8 Å². The van der Waals surface area contributed by atoms with Gasteiger partial charge in [-0.05, 0) is 36.6 Å². The maximum absolute atomic E-state index is 13.4. The minimum atomic E-state index is -0.259. The van der Waals surface area contributed by atoms with E-state index < -0.39 is 0 Å². The number of benzene rings is 1. The third-order valence-electron chi connectivity index (χ3n) is 2.95. The Labute approximate surface area is 82.5 Å². The maximum atomic E-state index is 13.4. The topological polar surface area (TPSA) is 46.2 Å². The molecule has 0 spiro atoms. The van der Waals surface area contributed by atoms with Gasteiger partial charge in [0.25, 0.3) is 0 Å². The second-order valence-corrected chi connectivity index (χ2v) is 3.91. The van der Waals surface area contributed by atoms with E-state index in [4.69, 9.17) is 5.73 Å². The van der Waals surface area contributed by atoms with Crippen LogP contribution in [0.25, 0.3) is 0 Å². The van der Waals surface area contributed by atoms with Gasteiger partial charge in [0.1, 0.15) is 11.6 Å². The highest BCUT2D eigenvalue weighted by Gasteiger charge is 2.27. The molecule has 0 heterocycles. The zero-order valence-corrected chi connectivity index (χ0v) is 7.91. The van der Waals surface area contributed by atoms with Gasteiger partial charge in [-0.25, -0.2) is 4.39 Å². The molecule has 1 aromatic carbocycles. The van der Waals surface area contributed by atoms with Crippen LogP contribution in [0.1, 0.15) is 30.7 Å². The fourth-order valence-electron chi connectivity index (χ4n) is 2.19. The Bertz CT molecular complexity index is 340. The van der Waals surface area contributed by atoms with Gasteiger partial charge in [0.05, 0.1) is 0 Å². The first-order chi connectivity index (χ1) is 6.68. The van der Waals surface area contributed by atoms with Crippen LogP contribution in [-0.2, 0) is 0 Å². The van der Waals surface area contributed by atoms with E-state index in [9.17, 15) is 9.50 Å². The number of aromatic hydroxyl groups is 1.